The van der Waals surface area contributed by atoms with Crippen LogP contribution in [0.25, 0.3) is 0 Å². The Bertz CT molecular complexity index is 1420. The van der Waals surface area contributed by atoms with Crippen LogP contribution < -0.4 is 14.4 Å². The average molecular weight is 586 g/mol. The van der Waals surface area contributed by atoms with E-state index in [9.17, 15) is 18.0 Å². The molecule has 0 aliphatic rings. The number of hydrogen-bond acceptors (Lipinski definition) is 5. The zero-order valence-corrected chi connectivity index (χ0v) is 24.8. The van der Waals surface area contributed by atoms with Gasteiger partial charge in [0.05, 0.1) is 17.7 Å². The summed E-state index contributed by atoms with van der Waals surface area (Å²) in [5.41, 5.74) is 1.64. The Morgan fingerprint density at radius 3 is 2.42 bits per heavy atom. The summed E-state index contributed by atoms with van der Waals surface area (Å²) in [5.74, 6) is -0.256. The number of nitrogens with one attached hydrogen (secondary N) is 1. The molecule has 10 heteroatoms. The molecule has 1 N–H and O–H groups in total. The summed E-state index contributed by atoms with van der Waals surface area (Å²) < 4.78 is 34.2. The highest BCUT2D eigenvalue weighted by Crippen LogP contribution is 2.30. The minimum atomic E-state index is -4.16. The van der Waals surface area contributed by atoms with E-state index in [0.717, 1.165) is 22.7 Å². The molecule has 214 valence electrons. The van der Waals surface area contributed by atoms with Crippen LogP contribution in [0, 0.1) is 6.92 Å². The summed E-state index contributed by atoms with van der Waals surface area (Å²) in [6.07, 6.45) is 1.71. The number of halogens is 1. The lowest BCUT2D eigenvalue weighted by Crippen LogP contribution is -2.51. The molecule has 0 bridgehead atoms. The van der Waals surface area contributed by atoms with E-state index < -0.39 is 28.5 Å². The molecule has 0 aliphatic heterocycles. The molecule has 1 atom stereocenters. The number of nitrogens with zero attached hydrogens (tertiary/aromatic N) is 2. The zero-order valence-electron chi connectivity index (χ0n) is 23.3. The molecule has 3 aromatic rings. The maximum Gasteiger partial charge on any atom is 0.264 e. The molecular weight excluding hydrogens is 550 g/mol. The second-order valence-electron chi connectivity index (χ2n) is 9.45. The fourth-order valence-corrected chi connectivity index (χ4v) is 5.83. The number of benzene rings is 3. The van der Waals surface area contributed by atoms with Crippen LogP contribution in [0.1, 0.15) is 37.8 Å². The summed E-state index contributed by atoms with van der Waals surface area (Å²) in [6, 6.07) is 19.1. The highest BCUT2D eigenvalue weighted by atomic mass is 35.5. The molecule has 8 nitrogen and oxygen atoms in total. The summed E-state index contributed by atoms with van der Waals surface area (Å²) in [5, 5.41) is 3.21. The van der Waals surface area contributed by atoms with Crippen molar-refractivity contribution in [3.8, 4) is 5.75 Å². The van der Waals surface area contributed by atoms with Gasteiger partial charge in [0.25, 0.3) is 10.0 Å². The van der Waals surface area contributed by atoms with Crippen molar-refractivity contribution in [2.24, 2.45) is 0 Å². The van der Waals surface area contributed by atoms with E-state index in [0.29, 0.717) is 22.9 Å². The summed E-state index contributed by atoms with van der Waals surface area (Å²) in [4.78, 5) is 28.5. The number of aryl methyl sites for hydroxylation is 1. The van der Waals surface area contributed by atoms with Gasteiger partial charge in [0.2, 0.25) is 11.8 Å². The molecule has 2 amide bonds. The SMILES string of the molecule is CCCCNC(=O)C(C)N(Cc1cccc(OC)c1)C(=O)CN(c1cc(Cl)ccc1C)S(=O)(=O)c1ccccc1. The second kappa shape index (κ2) is 14.2. The van der Waals surface area contributed by atoms with E-state index in [1.807, 2.05) is 13.0 Å². The quantitative estimate of drug-likeness (QED) is 0.279. The third-order valence-corrected chi connectivity index (χ3v) is 8.54. The monoisotopic (exact) mass is 585 g/mol. The van der Waals surface area contributed by atoms with Crippen LogP contribution in [-0.2, 0) is 26.2 Å². The molecule has 0 aliphatic carbocycles. The lowest BCUT2D eigenvalue weighted by molar-refractivity contribution is -0.139. The van der Waals surface area contributed by atoms with Crippen LogP contribution in [-0.4, -0.2) is 51.4 Å². The van der Waals surface area contributed by atoms with Gasteiger partial charge in [0, 0.05) is 18.1 Å². The number of rotatable bonds is 13. The van der Waals surface area contributed by atoms with Gasteiger partial charge < -0.3 is 15.0 Å². The third kappa shape index (κ3) is 7.76. The normalized spacial score (nSPS) is 11.9. The fraction of sp³-hybridized carbons (Fsp3) is 0.333. The van der Waals surface area contributed by atoms with Crippen LogP contribution in [0.15, 0.2) is 77.7 Å². The van der Waals surface area contributed by atoms with E-state index in [1.165, 1.54) is 23.1 Å². The van der Waals surface area contributed by atoms with E-state index in [-0.39, 0.29) is 23.0 Å². The molecule has 0 spiro atoms. The second-order valence-corrected chi connectivity index (χ2v) is 11.7. The lowest BCUT2D eigenvalue weighted by atomic mass is 10.1. The lowest BCUT2D eigenvalue weighted by Gasteiger charge is -2.32. The van der Waals surface area contributed by atoms with Gasteiger partial charge in [-0.15, -0.1) is 0 Å². The molecule has 0 aromatic heterocycles. The van der Waals surface area contributed by atoms with Crippen molar-refractivity contribution in [3.05, 3.63) is 88.9 Å². The number of methoxy groups -OCH3 is 1. The Labute approximate surface area is 241 Å². The molecule has 0 saturated carbocycles. The minimum absolute atomic E-state index is 0.0341. The highest BCUT2D eigenvalue weighted by Gasteiger charge is 2.33. The van der Waals surface area contributed by atoms with Gasteiger partial charge in [-0.25, -0.2) is 8.42 Å². The smallest absolute Gasteiger partial charge is 0.264 e. The molecular formula is C30H36ClN3O5S. The van der Waals surface area contributed by atoms with E-state index in [1.54, 1.807) is 69.5 Å². The van der Waals surface area contributed by atoms with Gasteiger partial charge in [0.1, 0.15) is 18.3 Å². The molecule has 0 radical (unpaired) electrons. The van der Waals surface area contributed by atoms with Gasteiger partial charge in [-0.1, -0.05) is 61.3 Å². The van der Waals surface area contributed by atoms with Crippen molar-refractivity contribution in [2.75, 3.05) is 24.5 Å². The maximum absolute atomic E-state index is 14.0. The number of carbonyl (C=O) groups is 2. The van der Waals surface area contributed by atoms with Crippen molar-refractivity contribution < 1.29 is 22.7 Å². The van der Waals surface area contributed by atoms with Crippen LogP contribution in [0.3, 0.4) is 0 Å². The number of ether oxygens (including phenoxy) is 1. The summed E-state index contributed by atoms with van der Waals surface area (Å²) in [7, 11) is -2.62. The first-order chi connectivity index (χ1) is 19.1. The number of unbranched alkanes of at least 4 members (excludes halogenated alkanes) is 1. The molecule has 3 rings (SSSR count). The van der Waals surface area contributed by atoms with Crippen molar-refractivity contribution in [3.63, 3.8) is 0 Å². The first-order valence-corrected chi connectivity index (χ1v) is 14.9. The number of amides is 2. The summed E-state index contributed by atoms with van der Waals surface area (Å²) >= 11 is 6.26. The van der Waals surface area contributed by atoms with Crippen LogP contribution in [0.4, 0.5) is 5.69 Å². The topological polar surface area (TPSA) is 96.0 Å². The predicted molar refractivity (Wildman–Crippen MR) is 158 cm³/mol. The zero-order chi connectivity index (χ0) is 29.3. The third-order valence-electron chi connectivity index (χ3n) is 6.53. The largest absolute Gasteiger partial charge is 0.497 e. The average Bonchev–Trinajstić information content (AvgIpc) is 2.96. The van der Waals surface area contributed by atoms with Gasteiger partial charge in [0.15, 0.2) is 0 Å². The van der Waals surface area contributed by atoms with Crippen molar-refractivity contribution in [1.82, 2.24) is 10.2 Å². The van der Waals surface area contributed by atoms with Gasteiger partial charge in [-0.2, -0.15) is 0 Å². The van der Waals surface area contributed by atoms with Gasteiger partial charge in [-0.3, -0.25) is 13.9 Å². The van der Waals surface area contributed by atoms with E-state index >= 15 is 0 Å². The van der Waals surface area contributed by atoms with Crippen LogP contribution >= 0.6 is 11.6 Å². The number of sulfonamides is 1. The predicted octanol–water partition coefficient (Wildman–Crippen LogP) is 5.19. The highest BCUT2D eigenvalue weighted by molar-refractivity contribution is 7.92. The molecule has 0 heterocycles. The van der Waals surface area contributed by atoms with Gasteiger partial charge >= 0.3 is 0 Å². The molecule has 3 aromatic carbocycles. The Kier molecular flexibility index (Phi) is 11.0. The Morgan fingerprint density at radius 2 is 1.75 bits per heavy atom. The number of anilines is 1. The number of carbonyl (C=O) groups excluding carboxylic acids is 2. The minimum Gasteiger partial charge on any atom is -0.497 e. The van der Waals surface area contributed by atoms with Crippen molar-refractivity contribution in [1.29, 1.82) is 0 Å². The first-order valence-electron chi connectivity index (χ1n) is 13.1. The molecule has 1 unspecified atom stereocenters. The summed E-state index contributed by atoms with van der Waals surface area (Å²) in [6.45, 7) is 5.44. The molecule has 40 heavy (non-hydrogen) atoms. The Morgan fingerprint density at radius 1 is 1.02 bits per heavy atom. The molecule has 0 fully saturated rings. The van der Waals surface area contributed by atoms with Gasteiger partial charge in [-0.05, 0) is 67.8 Å². The number of hydrogen-bond donors (Lipinski definition) is 1. The Balaban J connectivity index is 2.04. The van der Waals surface area contributed by atoms with E-state index in [2.05, 4.69) is 5.32 Å². The molecule has 0 saturated heterocycles. The fourth-order valence-electron chi connectivity index (χ4n) is 4.17. The Hall–Kier alpha value is -3.56. The van der Waals surface area contributed by atoms with Crippen molar-refractivity contribution >= 4 is 39.1 Å². The standard InChI is InChI=1S/C30H36ClN3O5S/c1-5-6-17-32-30(36)23(3)33(20-24-11-10-12-26(18-24)39-4)29(35)21-34(28-19-25(31)16-15-22(28)2)40(37,38)27-13-8-7-9-14-27/h7-16,18-19,23H,5-6,17,20-21H2,1-4H3,(H,32,36). The first kappa shape index (κ1) is 31.0. The maximum atomic E-state index is 14.0. The van der Waals surface area contributed by atoms with Crippen molar-refractivity contribution in [2.45, 2.75) is 51.1 Å². The van der Waals surface area contributed by atoms with E-state index in [4.69, 9.17) is 16.3 Å². The van der Waals surface area contributed by atoms with Crippen LogP contribution in [0.5, 0.6) is 5.75 Å². The van der Waals surface area contributed by atoms with Crippen LogP contribution in [0.2, 0.25) is 5.02 Å².